The van der Waals surface area contributed by atoms with Crippen molar-refractivity contribution in [3.05, 3.63) is 60.6 Å². The summed E-state index contributed by atoms with van der Waals surface area (Å²) < 4.78 is 4.71. The molecular weight excluding hydrogens is 148 g/mol. The third-order valence-corrected chi connectivity index (χ3v) is 1.33. The van der Waals surface area contributed by atoms with Gasteiger partial charge >= 0.3 is 0 Å². The largest absolute Gasteiger partial charge is 0.472 e. The molecule has 0 aliphatic carbocycles. The second-order valence-electron chi connectivity index (χ2n) is 2.46. The van der Waals surface area contributed by atoms with Crippen molar-refractivity contribution in [3.63, 3.8) is 0 Å². The molecule has 1 aromatic heterocycles. The Morgan fingerprint density at radius 3 is 1.58 bits per heavy atom. The highest BCUT2D eigenvalue weighted by molar-refractivity contribution is 5.00. The van der Waals surface area contributed by atoms with Crippen LogP contribution in [-0.4, -0.2) is 0 Å². The summed E-state index contributed by atoms with van der Waals surface area (Å²) >= 11 is 0. The second-order valence-corrected chi connectivity index (χ2v) is 2.46. The van der Waals surface area contributed by atoms with E-state index in [1.54, 1.807) is 12.5 Å². The molecule has 1 heterocycles. The molecule has 0 saturated heterocycles. The third-order valence-electron chi connectivity index (χ3n) is 1.33. The molecule has 0 amide bonds. The summed E-state index contributed by atoms with van der Waals surface area (Å²) in [6, 6.07) is 13.9. The SMILES string of the molecule is Cc1ccoc1.c1ccccc1. The van der Waals surface area contributed by atoms with E-state index in [0.717, 1.165) is 0 Å². The lowest BCUT2D eigenvalue weighted by atomic mass is 10.4. The molecule has 0 aliphatic heterocycles. The van der Waals surface area contributed by atoms with Crippen LogP contribution in [0.3, 0.4) is 0 Å². The predicted octanol–water partition coefficient (Wildman–Crippen LogP) is 3.27. The van der Waals surface area contributed by atoms with Crippen molar-refractivity contribution in [1.82, 2.24) is 0 Å². The van der Waals surface area contributed by atoms with Crippen LogP contribution in [0.2, 0.25) is 0 Å². The molecule has 0 fully saturated rings. The molecule has 2 aromatic rings. The number of hydrogen-bond donors (Lipinski definition) is 0. The zero-order valence-electron chi connectivity index (χ0n) is 7.10. The Morgan fingerprint density at radius 1 is 0.917 bits per heavy atom. The van der Waals surface area contributed by atoms with Gasteiger partial charge in [0.1, 0.15) is 0 Å². The molecular formula is C11H12O. The molecule has 1 aromatic carbocycles. The Labute approximate surface area is 72.7 Å². The molecule has 0 radical (unpaired) electrons. The maximum atomic E-state index is 4.71. The first-order valence-electron chi connectivity index (χ1n) is 3.88. The fourth-order valence-corrected chi connectivity index (χ4v) is 0.717. The van der Waals surface area contributed by atoms with Crippen molar-refractivity contribution < 1.29 is 4.42 Å². The van der Waals surface area contributed by atoms with E-state index in [2.05, 4.69) is 0 Å². The van der Waals surface area contributed by atoms with Gasteiger partial charge in [-0.3, -0.25) is 0 Å². The van der Waals surface area contributed by atoms with Crippen LogP contribution in [0.4, 0.5) is 0 Å². The number of hydrogen-bond acceptors (Lipinski definition) is 1. The minimum absolute atomic E-state index is 1.18. The van der Waals surface area contributed by atoms with E-state index < -0.39 is 0 Å². The molecule has 1 nitrogen and oxygen atoms in total. The van der Waals surface area contributed by atoms with Gasteiger partial charge in [0.2, 0.25) is 0 Å². The van der Waals surface area contributed by atoms with Crippen LogP contribution in [0.5, 0.6) is 0 Å². The smallest absolute Gasteiger partial charge is 0.0931 e. The normalized spacial score (nSPS) is 8.42. The Hall–Kier alpha value is -1.50. The summed E-state index contributed by atoms with van der Waals surface area (Å²) in [6.45, 7) is 1.99. The van der Waals surface area contributed by atoms with Crippen LogP contribution in [0.25, 0.3) is 0 Å². The molecule has 62 valence electrons. The molecule has 0 unspecified atom stereocenters. The van der Waals surface area contributed by atoms with E-state index in [1.165, 1.54) is 5.56 Å². The van der Waals surface area contributed by atoms with Gasteiger partial charge in [-0.15, -0.1) is 0 Å². The van der Waals surface area contributed by atoms with E-state index in [9.17, 15) is 0 Å². The van der Waals surface area contributed by atoms with Crippen molar-refractivity contribution in [1.29, 1.82) is 0 Å². The summed E-state index contributed by atoms with van der Waals surface area (Å²) in [6.07, 6.45) is 3.37. The fourth-order valence-electron chi connectivity index (χ4n) is 0.717. The second kappa shape index (κ2) is 5.19. The summed E-state index contributed by atoms with van der Waals surface area (Å²) in [7, 11) is 0. The molecule has 0 bridgehead atoms. The molecule has 0 N–H and O–H groups in total. The quantitative estimate of drug-likeness (QED) is 0.576. The van der Waals surface area contributed by atoms with Crippen molar-refractivity contribution in [2.45, 2.75) is 6.92 Å². The summed E-state index contributed by atoms with van der Waals surface area (Å²) in [5, 5.41) is 0. The highest BCUT2D eigenvalue weighted by Crippen LogP contribution is 1.93. The van der Waals surface area contributed by atoms with Gasteiger partial charge in [0.15, 0.2) is 0 Å². The first-order valence-corrected chi connectivity index (χ1v) is 3.88. The van der Waals surface area contributed by atoms with Gasteiger partial charge in [0.05, 0.1) is 12.5 Å². The van der Waals surface area contributed by atoms with E-state index in [1.807, 2.05) is 49.4 Å². The van der Waals surface area contributed by atoms with Gasteiger partial charge in [0.25, 0.3) is 0 Å². The molecule has 1 heteroatoms. The van der Waals surface area contributed by atoms with Crippen LogP contribution < -0.4 is 0 Å². The summed E-state index contributed by atoms with van der Waals surface area (Å²) in [5.41, 5.74) is 1.18. The summed E-state index contributed by atoms with van der Waals surface area (Å²) in [4.78, 5) is 0. The predicted molar refractivity (Wildman–Crippen MR) is 49.9 cm³/mol. The van der Waals surface area contributed by atoms with E-state index in [4.69, 9.17) is 4.42 Å². The molecule has 12 heavy (non-hydrogen) atoms. The van der Waals surface area contributed by atoms with Gasteiger partial charge < -0.3 is 4.42 Å². The highest BCUT2D eigenvalue weighted by atomic mass is 16.3. The van der Waals surface area contributed by atoms with Crippen LogP contribution >= 0.6 is 0 Å². The van der Waals surface area contributed by atoms with Crippen LogP contribution in [-0.2, 0) is 0 Å². The molecule has 0 atom stereocenters. The Balaban J connectivity index is 0.000000120. The fraction of sp³-hybridized carbons (Fsp3) is 0.0909. The third kappa shape index (κ3) is 3.62. The van der Waals surface area contributed by atoms with Crippen molar-refractivity contribution >= 4 is 0 Å². The number of aryl methyl sites for hydroxylation is 1. The lowest BCUT2D eigenvalue weighted by Gasteiger charge is -1.69. The Kier molecular flexibility index (Phi) is 3.72. The Bertz CT molecular complexity index is 244. The van der Waals surface area contributed by atoms with E-state index in [0.29, 0.717) is 0 Å². The van der Waals surface area contributed by atoms with Crippen LogP contribution in [0, 0.1) is 6.92 Å². The minimum Gasteiger partial charge on any atom is -0.472 e. The lowest BCUT2D eigenvalue weighted by molar-refractivity contribution is 0.565. The maximum absolute atomic E-state index is 4.71. The first kappa shape index (κ1) is 8.60. The zero-order chi connectivity index (χ0) is 8.65. The highest BCUT2D eigenvalue weighted by Gasteiger charge is 1.75. The van der Waals surface area contributed by atoms with Crippen molar-refractivity contribution in [2.75, 3.05) is 0 Å². The van der Waals surface area contributed by atoms with Crippen molar-refractivity contribution in [2.24, 2.45) is 0 Å². The van der Waals surface area contributed by atoms with Crippen LogP contribution in [0.1, 0.15) is 5.56 Å². The van der Waals surface area contributed by atoms with Gasteiger partial charge in [0, 0.05) is 0 Å². The molecule has 0 aliphatic rings. The van der Waals surface area contributed by atoms with Gasteiger partial charge in [-0.2, -0.15) is 0 Å². The standard InChI is InChI=1S/C6H6.C5H6O/c1-2-4-6-5-3-1;1-5-2-3-6-4-5/h1-6H;2-4H,1H3. The molecule has 0 spiro atoms. The van der Waals surface area contributed by atoms with E-state index in [-0.39, 0.29) is 0 Å². The summed E-state index contributed by atoms with van der Waals surface area (Å²) in [5.74, 6) is 0. The van der Waals surface area contributed by atoms with Crippen LogP contribution in [0.15, 0.2) is 59.4 Å². The van der Waals surface area contributed by atoms with Crippen molar-refractivity contribution in [3.8, 4) is 0 Å². The topological polar surface area (TPSA) is 13.1 Å². The van der Waals surface area contributed by atoms with Gasteiger partial charge in [-0.25, -0.2) is 0 Å². The lowest BCUT2D eigenvalue weighted by Crippen LogP contribution is -1.48. The minimum atomic E-state index is 1.18. The van der Waals surface area contributed by atoms with E-state index >= 15 is 0 Å². The average molecular weight is 160 g/mol. The monoisotopic (exact) mass is 160 g/mol. The zero-order valence-corrected chi connectivity index (χ0v) is 7.10. The van der Waals surface area contributed by atoms with Gasteiger partial charge in [-0.05, 0) is 18.6 Å². The maximum Gasteiger partial charge on any atom is 0.0931 e. The van der Waals surface area contributed by atoms with Gasteiger partial charge in [-0.1, -0.05) is 36.4 Å². The number of benzene rings is 1. The number of furan rings is 1. The number of rotatable bonds is 0. The average Bonchev–Trinajstić information content (AvgIpc) is 2.60. The first-order chi connectivity index (χ1) is 5.89. The molecule has 0 saturated carbocycles. The molecule has 2 rings (SSSR count). The Morgan fingerprint density at radius 2 is 1.42 bits per heavy atom.